The molecule has 0 aromatic heterocycles. The number of carbonyl (C=O) groups is 2. The van der Waals surface area contributed by atoms with Crippen LogP contribution in [0, 0.1) is 10.1 Å². The molecule has 0 aliphatic carbocycles. The third-order valence-corrected chi connectivity index (χ3v) is 3.65. The number of hydrogen-bond donors (Lipinski definition) is 2. The Kier molecular flexibility index (Phi) is 5.57. The number of non-ortho nitro benzene ring substituents is 1. The highest BCUT2D eigenvalue weighted by Crippen LogP contribution is 2.17. The molecule has 0 saturated heterocycles. The smallest absolute Gasteiger partial charge is 0.335 e. The van der Waals surface area contributed by atoms with Crippen molar-refractivity contribution in [3.63, 3.8) is 0 Å². The fraction of sp³-hybridized carbons (Fsp3) is 0.333. The molecule has 1 amide bonds. The molecular formula is C12H14N2O7S. The maximum atomic E-state index is 11.8. The van der Waals surface area contributed by atoms with E-state index in [9.17, 15) is 28.1 Å². The summed E-state index contributed by atoms with van der Waals surface area (Å²) in [5.41, 5.74) is -1.07. The molecule has 0 saturated carbocycles. The summed E-state index contributed by atoms with van der Waals surface area (Å²) in [4.78, 5) is 32.7. The number of hydrogen-bond acceptors (Lipinski definition) is 6. The summed E-state index contributed by atoms with van der Waals surface area (Å²) in [6.07, 6.45) is 1.25. The van der Waals surface area contributed by atoms with Gasteiger partial charge in [0.25, 0.3) is 11.6 Å². The number of nitrogens with zero attached hydrogens (tertiary/aromatic N) is 1. The molecule has 22 heavy (non-hydrogen) atoms. The van der Waals surface area contributed by atoms with E-state index in [0.29, 0.717) is 0 Å². The van der Waals surface area contributed by atoms with Gasteiger partial charge in [0.2, 0.25) is 0 Å². The number of carbonyl (C=O) groups excluding carboxylic acids is 1. The van der Waals surface area contributed by atoms with Crippen molar-refractivity contribution in [1.82, 2.24) is 5.32 Å². The summed E-state index contributed by atoms with van der Waals surface area (Å²) in [7, 11) is -3.14. The first-order valence-corrected chi connectivity index (χ1v) is 8.15. The first kappa shape index (κ1) is 17.6. The van der Waals surface area contributed by atoms with E-state index in [1.54, 1.807) is 0 Å². The van der Waals surface area contributed by atoms with Crippen LogP contribution in [-0.4, -0.2) is 48.9 Å². The molecule has 0 spiro atoms. The Labute approximate surface area is 126 Å². The topological polar surface area (TPSA) is 144 Å². The molecule has 1 aromatic carbocycles. The van der Waals surface area contributed by atoms with Crippen LogP contribution in [0.5, 0.6) is 0 Å². The standard InChI is InChI=1S/C12H14N2O7S/c1-22(20,21)4-2-3-13-11(15)8-5-9(12(16)17)7-10(6-8)14(18)19/h5-7H,2-4H2,1H3,(H,13,15)(H,16,17). The summed E-state index contributed by atoms with van der Waals surface area (Å²) in [6.45, 7) is 0.0526. The quantitative estimate of drug-likeness (QED) is 0.419. The summed E-state index contributed by atoms with van der Waals surface area (Å²) in [5, 5.41) is 22.0. The Morgan fingerprint density at radius 3 is 2.36 bits per heavy atom. The van der Waals surface area contributed by atoms with E-state index in [1.807, 2.05) is 0 Å². The van der Waals surface area contributed by atoms with Crippen molar-refractivity contribution >= 4 is 27.4 Å². The minimum atomic E-state index is -3.14. The highest BCUT2D eigenvalue weighted by molar-refractivity contribution is 7.90. The average Bonchev–Trinajstić information content (AvgIpc) is 2.41. The number of benzene rings is 1. The van der Waals surface area contributed by atoms with Crippen molar-refractivity contribution in [2.75, 3.05) is 18.6 Å². The Morgan fingerprint density at radius 2 is 1.86 bits per heavy atom. The molecule has 1 aromatic rings. The molecule has 0 radical (unpaired) electrons. The van der Waals surface area contributed by atoms with Gasteiger partial charge in [-0.2, -0.15) is 0 Å². The predicted molar refractivity (Wildman–Crippen MR) is 76.7 cm³/mol. The van der Waals surface area contributed by atoms with Gasteiger partial charge in [0.1, 0.15) is 9.84 Å². The number of amides is 1. The maximum absolute atomic E-state index is 11.8. The molecular weight excluding hydrogens is 316 g/mol. The van der Waals surface area contributed by atoms with Crippen molar-refractivity contribution < 1.29 is 28.0 Å². The van der Waals surface area contributed by atoms with Gasteiger partial charge in [-0.05, 0) is 12.5 Å². The molecule has 0 fully saturated rings. The Hall–Kier alpha value is -2.49. The highest BCUT2D eigenvalue weighted by Gasteiger charge is 2.17. The molecule has 9 nitrogen and oxygen atoms in total. The SMILES string of the molecule is CS(=O)(=O)CCCNC(=O)c1cc(C(=O)O)cc([N+](=O)[O-])c1. The first-order valence-electron chi connectivity index (χ1n) is 6.09. The van der Waals surface area contributed by atoms with Crippen LogP contribution in [-0.2, 0) is 9.84 Å². The van der Waals surface area contributed by atoms with Crippen LogP contribution in [0.1, 0.15) is 27.1 Å². The molecule has 0 unspecified atom stereocenters. The number of carboxylic acid groups (broad SMARTS) is 1. The lowest BCUT2D eigenvalue weighted by Crippen LogP contribution is -2.26. The molecule has 0 atom stereocenters. The van der Waals surface area contributed by atoms with Crippen LogP contribution in [0.25, 0.3) is 0 Å². The van der Waals surface area contributed by atoms with Crippen LogP contribution < -0.4 is 5.32 Å². The molecule has 10 heteroatoms. The third kappa shape index (κ3) is 5.48. The molecule has 0 heterocycles. The molecule has 120 valence electrons. The third-order valence-electron chi connectivity index (χ3n) is 2.62. The van der Waals surface area contributed by atoms with Gasteiger partial charge in [-0.3, -0.25) is 14.9 Å². The van der Waals surface area contributed by atoms with Crippen molar-refractivity contribution in [1.29, 1.82) is 0 Å². The number of nitro groups is 1. The second-order valence-electron chi connectivity index (χ2n) is 4.57. The lowest BCUT2D eigenvalue weighted by atomic mass is 10.1. The van der Waals surface area contributed by atoms with Crippen LogP contribution in [0.3, 0.4) is 0 Å². The molecule has 0 aliphatic rings. The summed E-state index contributed by atoms with van der Waals surface area (Å²) in [5.74, 6) is -2.21. The zero-order valence-corrected chi connectivity index (χ0v) is 12.4. The van der Waals surface area contributed by atoms with Gasteiger partial charge >= 0.3 is 5.97 Å². The number of nitro benzene ring substituents is 1. The van der Waals surface area contributed by atoms with Gasteiger partial charge < -0.3 is 10.4 Å². The van der Waals surface area contributed by atoms with E-state index in [1.165, 1.54) is 0 Å². The van der Waals surface area contributed by atoms with Gasteiger partial charge in [-0.15, -0.1) is 0 Å². The van der Waals surface area contributed by atoms with Crippen molar-refractivity contribution in [2.45, 2.75) is 6.42 Å². The van der Waals surface area contributed by atoms with E-state index >= 15 is 0 Å². The molecule has 0 bridgehead atoms. The highest BCUT2D eigenvalue weighted by atomic mass is 32.2. The zero-order valence-electron chi connectivity index (χ0n) is 11.6. The van der Waals surface area contributed by atoms with Gasteiger partial charge in [0.15, 0.2) is 0 Å². The Bertz CT molecular complexity index is 680. The summed E-state index contributed by atoms with van der Waals surface area (Å²) >= 11 is 0. The van der Waals surface area contributed by atoms with Crippen molar-refractivity contribution in [2.24, 2.45) is 0 Å². The summed E-state index contributed by atoms with van der Waals surface area (Å²) in [6, 6.07) is 2.82. The van der Waals surface area contributed by atoms with Crippen molar-refractivity contribution in [3.05, 3.63) is 39.4 Å². The van der Waals surface area contributed by atoms with Crippen LogP contribution in [0.4, 0.5) is 5.69 Å². The fourth-order valence-electron chi connectivity index (χ4n) is 1.61. The summed E-state index contributed by atoms with van der Waals surface area (Å²) < 4.78 is 21.9. The Morgan fingerprint density at radius 1 is 1.27 bits per heavy atom. The normalized spacial score (nSPS) is 11.0. The van der Waals surface area contributed by atoms with Gasteiger partial charge in [0.05, 0.1) is 16.2 Å². The number of sulfone groups is 1. The van der Waals surface area contributed by atoms with Crippen molar-refractivity contribution in [3.8, 4) is 0 Å². The van der Waals surface area contributed by atoms with Gasteiger partial charge in [0, 0.05) is 30.5 Å². The minimum Gasteiger partial charge on any atom is -0.478 e. The van der Waals surface area contributed by atoms with Gasteiger partial charge in [-0.1, -0.05) is 0 Å². The lowest BCUT2D eigenvalue weighted by molar-refractivity contribution is -0.384. The predicted octanol–water partition coefficient (Wildman–Crippen LogP) is 0.458. The average molecular weight is 330 g/mol. The zero-order chi connectivity index (χ0) is 16.9. The number of nitrogens with one attached hydrogen (secondary N) is 1. The second-order valence-corrected chi connectivity index (χ2v) is 6.83. The second kappa shape index (κ2) is 6.98. The van der Waals surface area contributed by atoms with Crippen LogP contribution >= 0.6 is 0 Å². The molecule has 1 rings (SSSR count). The number of rotatable bonds is 7. The first-order chi connectivity index (χ1) is 10.1. The maximum Gasteiger partial charge on any atom is 0.335 e. The largest absolute Gasteiger partial charge is 0.478 e. The van der Waals surface area contributed by atoms with E-state index in [0.717, 1.165) is 24.5 Å². The lowest BCUT2D eigenvalue weighted by Gasteiger charge is -2.06. The van der Waals surface area contributed by atoms with E-state index in [4.69, 9.17) is 5.11 Å². The van der Waals surface area contributed by atoms with E-state index in [2.05, 4.69) is 5.32 Å². The minimum absolute atomic E-state index is 0.0526. The number of carboxylic acids is 1. The Balaban J connectivity index is 2.84. The van der Waals surface area contributed by atoms with E-state index in [-0.39, 0.29) is 29.8 Å². The fourth-order valence-corrected chi connectivity index (χ4v) is 2.28. The van der Waals surface area contributed by atoms with Crippen LogP contribution in [0.2, 0.25) is 0 Å². The monoisotopic (exact) mass is 330 g/mol. The van der Waals surface area contributed by atoms with Gasteiger partial charge in [-0.25, -0.2) is 13.2 Å². The number of aromatic carboxylic acids is 1. The molecule has 2 N–H and O–H groups in total. The van der Waals surface area contributed by atoms with E-state index < -0.39 is 32.3 Å². The van der Waals surface area contributed by atoms with Crippen LogP contribution in [0.15, 0.2) is 18.2 Å². The molecule has 0 aliphatic heterocycles.